The highest BCUT2D eigenvalue weighted by atomic mass is 32.1. The third-order valence-corrected chi connectivity index (χ3v) is 16.4. The van der Waals surface area contributed by atoms with E-state index in [0.717, 1.165) is 66.9 Å². The number of rotatable bonds is 30. The Bertz CT molecular complexity index is 2560. The molecule has 0 aliphatic rings. The minimum absolute atomic E-state index is 0.194. The minimum Gasteiger partial charge on any atom is -0.477 e. The smallest absolute Gasteiger partial charge is 0.346 e. The lowest BCUT2D eigenvalue weighted by molar-refractivity contribution is -0.132. The molecule has 3 aromatic carbocycles. The van der Waals surface area contributed by atoms with Gasteiger partial charge in [0.15, 0.2) is 0 Å². The number of aliphatic carboxylic acids is 1. The van der Waals surface area contributed by atoms with E-state index in [4.69, 9.17) is 0 Å². The SMILES string of the molecule is CCCCCCc1c(/C=C/c2ccc(-c3ccc(N(c4ccccc4)c4ccccc4)cc3)s2)sc(/C=C/c2sc(/C=C(\C#N)C(=O)O)c(CCCCCC)c2CCCCCC)c1CCCCCC. The molecule has 7 heteroatoms. The fourth-order valence-electron chi connectivity index (χ4n) is 9.16. The van der Waals surface area contributed by atoms with E-state index in [1.54, 1.807) is 17.4 Å². The Hall–Kier alpha value is -5.26. The van der Waals surface area contributed by atoms with Crippen LogP contribution >= 0.6 is 34.0 Å². The largest absolute Gasteiger partial charge is 0.477 e. The average molecular weight is 975 g/mol. The minimum atomic E-state index is -1.16. The lowest BCUT2D eigenvalue weighted by Crippen LogP contribution is -2.09. The first-order chi connectivity index (χ1) is 33.9. The first-order valence-electron chi connectivity index (χ1n) is 26.0. The van der Waals surface area contributed by atoms with Crippen molar-refractivity contribution in [2.75, 3.05) is 4.90 Å². The Kier molecular flexibility index (Phi) is 22.4. The fourth-order valence-corrected chi connectivity index (χ4v) is 12.5. The van der Waals surface area contributed by atoms with Gasteiger partial charge in [-0.1, -0.05) is 153 Å². The lowest BCUT2D eigenvalue weighted by atomic mass is 9.95. The van der Waals surface area contributed by atoms with Crippen LogP contribution in [0.25, 0.3) is 40.8 Å². The van der Waals surface area contributed by atoms with Gasteiger partial charge in [-0.25, -0.2) is 4.79 Å². The number of thiophene rings is 3. The average Bonchev–Trinajstić information content (AvgIpc) is 4.08. The molecular formula is C62H74N2O2S3. The molecule has 0 unspecified atom stereocenters. The molecule has 6 rings (SSSR count). The molecule has 3 heterocycles. The molecule has 4 nitrogen and oxygen atoms in total. The first-order valence-corrected chi connectivity index (χ1v) is 28.4. The van der Waals surface area contributed by atoms with Crippen molar-refractivity contribution in [2.24, 2.45) is 0 Å². The maximum absolute atomic E-state index is 12.1. The zero-order valence-electron chi connectivity index (χ0n) is 41.7. The number of hydrogen-bond acceptors (Lipinski definition) is 6. The molecule has 0 fully saturated rings. The number of hydrogen-bond donors (Lipinski definition) is 1. The van der Waals surface area contributed by atoms with Crippen molar-refractivity contribution < 1.29 is 9.90 Å². The second-order valence-corrected chi connectivity index (χ2v) is 21.5. The summed E-state index contributed by atoms with van der Waals surface area (Å²) in [5.74, 6) is -1.16. The van der Waals surface area contributed by atoms with Crippen molar-refractivity contribution in [1.82, 2.24) is 0 Å². The predicted octanol–water partition coefficient (Wildman–Crippen LogP) is 19.8. The molecule has 362 valence electrons. The van der Waals surface area contributed by atoms with Gasteiger partial charge in [0.1, 0.15) is 11.6 Å². The summed E-state index contributed by atoms with van der Waals surface area (Å²) in [6.45, 7) is 9.06. The van der Waals surface area contributed by atoms with Gasteiger partial charge in [-0.15, -0.1) is 34.0 Å². The topological polar surface area (TPSA) is 64.3 Å². The monoisotopic (exact) mass is 974 g/mol. The summed E-state index contributed by atoms with van der Waals surface area (Å²) in [6, 6.07) is 36.6. The van der Waals surface area contributed by atoms with Crippen LogP contribution in [0.1, 0.15) is 177 Å². The predicted molar refractivity (Wildman–Crippen MR) is 304 cm³/mol. The number of carboxylic acids is 1. The summed E-state index contributed by atoms with van der Waals surface area (Å²) >= 11 is 5.45. The second-order valence-electron chi connectivity index (χ2n) is 18.2. The normalized spacial score (nSPS) is 11.8. The van der Waals surface area contributed by atoms with E-state index in [1.165, 1.54) is 136 Å². The third kappa shape index (κ3) is 15.6. The lowest BCUT2D eigenvalue weighted by Gasteiger charge is -2.25. The van der Waals surface area contributed by atoms with Crippen LogP contribution in [-0.2, 0) is 30.5 Å². The maximum atomic E-state index is 12.1. The molecule has 0 spiro atoms. The van der Waals surface area contributed by atoms with E-state index in [-0.39, 0.29) is 5.57 Å². The molecule has 69 heavy (non-hydrogen) atoms. The number of benzene rings is 3. The van der Waals surface area contributed by atoms with Gasteiger partial charge in [0.05, 0.1) is 0 Å². The Balaban J connectivity index is 1.35. The number of unbranched alkanes of at least 4 members (excludes halogenated alkanes) is 12. The van der Waals surface area contributed by atoms with E-state index in [2.05, 4.69) is 154 Å². The fraction of sp³-hybridized carbons (Fsp3) is 0.387. The zero-order valence-corrected chi connectivity index (χ0v) is 44.2. The van der Waals surface area contributed by atoms with Crippen LogP contribution in [0.4, 0.5) is 17.1 Å². The molecule has 1 N–H and O–H groups in total. The molecule has 6 aromatic rings. The van der Waals surface area contributed by atoms with Crippen molar-refractivity contribution in [2.45, 2.75) is 156 Å². The van der Waals surface area contributed by atoms with Crippen LogP contribution in [0.2, 0.25) is 0 Å². The van der Waals surface area contributed by atoms with Gasteiger partial charge in [0.25, 0.3) is 0 Å². The Labute approximate surface area is 426 Å². The molecule has 0 saturated heterocycles. The van der Waals surface area contributed by atoms with Gasteiger partial charge < -0.3 is 10.0 Å². The Morgan fingerprint density at radius 3 is 1.32 bits per heavy atom. The van der Waals surface area contributed by atoms with E-state index in [0.29, 0.717) is 0 Å². The molecule has 3 aromatic heterocycles. The van der Waals surface area contributed by atoms with Crippen LogP contribution in [0.3, 0.4) is 0 Å². The molecule has 0 saturated carbocycles. The van der Waals surface area contributed by atoms with Crippen molar-refractivity contribution in [1.29, 1.82) is 5.26 Å². The van der Waals surface area contributed by atoms with Gasteiger partial charge >= 0.3 is 5.97 Å². The number of anilines is 3. The highest BCUT2D eigenvalue weighted by Crippen LogP contribution is 2.40. The number of carbonyl (C=O) groups is 1. The summed E-state index contributed by atoms with van der Waals surface area (Å²) in [5.41, 5.74) is 10.0. The summed E-state index contributed by atoms with van der Waals surface area (Å²) in [6.07, 6.45) is 34.2. The maximum Gasteiger partial charge on any atom is 0.346 e. The van der Waals surface area contributed by atoms with Crippen molar-refractivity contribution in [3.05, 3.63) is 149 Å². The van der Waals surface area contributed by atoms with Crippen molar-refractivity contribution in [3.63, 3.8) is 0 Å². The zero-order chi connectivity index (χ0) is 48.6. The van der Waals surface area contributed by atoms with Crippen molar-refractivity contribution in [3.8, 4) is 16.5 Å². The van der Waals surface area contributed by atoms with Gasteiger partial charge in [0.2, 0.25) is 0 Å². The van der Waals surface area contributed by atoms with Gasteiger partial charge in [0, 0.05) is 46.3 Å². The molecule has 0 aliphatic carbocycles. The van der Waals surface area contributed by atoms with Crippen molar-refractivity contribution >= 4 is 87.4 Å². The number of para-hydroxylation sites is 2. The second kappa shape index (κ2) is 29.0. The summed E-state index contributed by atoms with van der Waals surface area (Å²) in [4.78, 5) is 21.8. The number of nitriles is 1. The summed E-state index contributed by atoms with van der Waals surface area (Å²) in [7, 11) is 0. The molecular weight excluding hydrogens is 901 g/mol. The highest BCUT2D eigenvalue weighted by Gasteiger charge is 2.20. The first kappa shape index (κ1) is 53.1. The van der Waals surface area contributed by atoms with Gasteiger partial charge in [-0.2, -0.15) is 5.26 Å². The van der Waals surface area contributed by atoms with E-state index < -0.39 is 5.97 Å². The van der Waals surface area contributed by atoms with E-state index in [9.17, 15) is 15.2 Å². The Morgan fingerprint density at radius 1 is 0.493 bits per heavy atom. The van der Waals surface area contributed by atoms with E-state index >= 15 is 0 Å². The molecule has 0 bridgehead atoms. The van der Waals surface area contributed by atoms with Crippen LogP contribution in [0.15, 0.2) is 103 Å². The van der Waals surface area contributed by atoms with Crippen LogP contribution in [-0.4, -0.2) is 11.1 Å². The Morgan fingerprint density at radius 2 is 0.899 bits per heavy atom. The molecule has 0 radical (unpaired) electrons. The van der Waals surface area contributed by atoms with E-state index in [1.807, 2.05) is 28.7 Å². The quantitative estimate of drug-likeness (QED) is 0.0277. The van der Waals surface area contributed by atoms with Crippen LogP contribution in [0, 0.1) is 11.3 Å². The number of carboxylic acid groups (broad SMARTS) is 1. The third-order valence-electron chi connectivity index (χ3n) is 13.0. The van der Waals surface area contributed by atoms with Gasteiger partial charge in [-0.05, 0) is 158 Å². The standard InChI is InChI=1S/C62H74N2O2S3/c1-5-9-13-23-31-53-54(32-24-14-10-6-2)59(43-44-60-55(33-25-15-11-7-3)56(34-26-16-12-8-4)61(69-60)45-48(46-63)62(65)66)68-58(53)42-40-52-39-41-57(67-52)47-35-37-51(38-36-47)64(49-27-19-17-20-28-49)50-29-21-18-22-30-50/h17-22,27-30,35-45H,5-16,23-26,31-34H2,1-4H3,(H,65,66)/b42-40+,44-43+,48-45+. The molecule has 0 aliphatic heterocycles. The summed E-state index contributed by atoms with van der Waals surface area (Å²) in [5, 5.41) is 19.7. The molecule has 0 atom stereocenters. The number of nitrogens with zero attached hydrogens (tertiary/aromatic N) is 2. The van der Waals surface area contributed by atoms with Crippen LogP contribution < -0.4 is 4.90 Å². The van der Waals surface area contributed by atoms with Crippen LogP contribution in [0.5, 0.6) is 0 Å². The highest BCUT2D eigenvalue weighted by molar-refractivity contribution is 7.16. The van der Waals surface area contributed by atoms with Gasteiger partial charge in [-0.3, -0.25) is 0 Å². The summed E-state index contributed by atoms with van der Waals surface area (Å²) < 4.78 is 0. The molecule has 0 amide bonds.